The zero-order valence-corrected chi connectivity index (χ0v) is 9.81. The molecule has 0 amide bonds. The van der Waals surface area contributed by atoms with Crippen LogP contribution in [0, 0.1) is 12.7 Å². The molecule has 1 rings (SSSR count). The van der Waals surface area contributed by atoms with Crippen LogP contribution >= 0.6 is 0 Å². The van der Waals surface area contributed by atoms with Gasteiger partial charge in [0.05, 0.1) is 0 Å². The van der Waals surface area contributed by atoms with Crippen molar-refractivity contribution in [3.8, 4) is 0 Å². The lowest BCUT2D eigenvalue weighted by atomic mass is 10.0. The molecule has 0 aliphatic heterocycles. The van der Waals surface area contributed by atoms with Gasteiger partial charge in [-0.15, -0.1) is 0 Å². The molecule has 1 atom stereocenters. The maximum atomic E-state index is 13.2. The molecule has 0 bridgehead atoms. The van der Waals surface area contributed by atoms with Gasteiger partial charge in [-0.3, -0.25) is 0 Å². The van der Waals surface area contributed by atoms with E-state index in [4.69, 9.17) is 0 Å². The van der Waals surface area contributed by atoms with Gasteiger partial charge in [0.2, 0.25) is 0 Å². The van der Waals surface area contributed by atoms with Crippen molar-refractivity contribution in [3.63, 3.8) is 0 Å². The quantitative estimate of drug-likeness (QED) is 0.781. The Hall–Kier alpha value is -0.890. The van der Waals surface area contributed by atoms with E-state index < -0.39 is 0 Å². The first kappa shape index (κ1) is 12.2. The Balaban J connectivity index is 2.88. The van der Waals surface area contributed by atoms with Crippen molar-refractivity contribution in [2.75, 3.05) is 6.54 Å². The van der Waals surface area contributed by atoms with Gasteiger partial charge >= 0.3 is 0 Å². The zero-order valence-electron chi connectivity index (χ0n) is 9.81. The Bertz CT molecular complexity index is 283. The number of aryl methyl sites for hydroxylation is 1. The number of benzene rings is 1. The van der Waals surface area contributed by atoms with Crippen LogP contribution in [-0.2, 0) is 0 Å². The second-order valence-corrected chi connectivity index (χ2v) is 3.96. The summed E-state index contributed by atoms with van der Waals surface area (Å²) in [5.74, 6) is -0.135. The Morgan fingerprint density at radius 2 is 2.00 bits per heavy atom. The van der Waals surface area contributed by atoms with E-state index in [1.807, 2.05) is 6.92 Å². The van der Waals surface area contributed by atoms with Gasteiger partial charge < -0.3 is 5.32 Å². The van der Waals surface area contributed by atoms with Crippen LogP contribution in [0.1, 0.15) is 43.9 Å². The van der Waals surface area contributed by atoms with E-state index in [1.165, 1.54) is 0 Å². The number of halogens is 1. The van der Waals surface area contributed by atoms with Crippen LogP contribution in [0.2, 0.25) is 0 Å². The first-order valence-electron chi connectivity index (χ1n) is 5.67. The van der Waals surface area contributed by atoms with Gasteiger partial charge in [0.15, 0.2) is 0 Å². The number of hydrogen-bond acceptors (Lipinski definition) is 1. The van der Waals surface area contributed by atoms with Crippen molar-refractivity contribution in [1.29, 1.82) is 0 Å². The molecule has 0 aliphatic rings. The summed E-state index contributed by atoms with van der Waals surface area (Å²) in [6.07, 6.45) is 2.16. The first-order chi connectivity index (χ1) is 7.17. The fourth-order valence-electron chi connectivity index (χ4n) is 1.89. The minimum absolute atomic E-state index is 0.135. The molecule has 0 radical (unpaired) electrons. The molecule has 1 unspecified atom stereocenters. The molecular formula is C13H20FN. The highest BCUT2D eigenvalue weighted by atomic mass is 19.1. The zero-order chi connectivity index (χ0) is 11.3. The van der Waals surface area contributed by atoms with Gasteiger partial charge in [0, 0.05) is 6.04 Å². The molecule has 0 aliphatic carbocycles. The summed E-state index contributed by atoms with van der Waals surface area (Å²) in [7, 11) is 0. The Kier molecular flexibility index (Phi) is 4.76. The molecule has 0 saturated heterocycles. The lowest BCUT2D eigenvalue weighted by Gasteiger charge is -2.18. The number of rotatable bonds is 5. The van der Waals surface area contributed by atoms with Gasteiger partial charge in [0.25, 0.3) is 0 Å². The molecule has 2 heteroatoms. The molecule has 84 valence electrons. The van der Waals surface area contributed by atoms with Crippen molar-refractivity contribution >= 4 is 0 Å². The summed E-state index contributed by atoms with van der Waals surface area (Å²) in [5.41, 5.74) is 2.06. The van der Waals surface area contributed by atoms with Crippen LogP contribution < -0.4 is 5.32 Å². The van der Waals surface area contributed by atoms with Crippen LogP contribution in [0.25, 0.3) is 0 Å². The summed E-state index contributed by atoms with van der Waals surface area (Å²) < 4.78 is 13.2. The summed E-state index contributed by atoms with van der Waals surface area (Å²) in [4.78, 5) is 0. The first-order valence-corrected chi connectivity index (χ1v) is 5.67. The molecule has 1 nitrogen and oxygen atoms in total. The van der Waals surface area contributed by atoms with Gasteiger partial charge in [-0.1, -0.05) is 26.3 Å². The fraction of sp³-hybridized carbons (Fsp3) is 0.538. The van der Waals surface area contributed by atoms with Crippen molar-refractivity contribution in [3.05, 3.63) is 35.1 Å². The van der Waals surface area contributed by atoms with Crippen LogP contribution in [0.4, 0.5) is 4.39 Å². The van der Waals surface area contributed by atoms with Gasteiger partial charge in [0.1, 0.15) is 5.82 Å². The van der Waals surface area contributed by atoms with Crippen LogP contribution in [0.3, 0.4) is 0 Å². The standard InChI is InChI=1S/C13H20FN/c1-4-6-13(15-5-2)11-7-10(3)8-12(14)9-11/h7-9,13,15H,4-6H2,1-3H3. The molecule has 1 aromatic carbocycles. The molecule has 0 saturated carbocycles. The van der Waals surface area contributed by atoms with Gasteiger partial charge in [-0.05, 0) is 43.1 Å². The minimum Gasteiger partial charge on any atom is -0.310 e. The number of nitrogens with one attached hydrogen (secondary N) is 1. The van der Waals surface area contributed by atoms with E-state index in [1.54, 1.807) is 12.1 Å². The molecule has 0 aromatic heterocycles. The minimum atomic E-state index is -0.135. The van der Waals surface area contributed by atoms with E-state index in [0.29, 0.717) is 0 Å². The third-order valence-electron chi connectivity index (χ3n) is 2.49. The van der Waals surface area contributed by atoms with Crippen molar-refractivity contribution in [1.82, 2.24) is 5.32 Å². The molecule has 1 N–H and O–H groups in total. The fourth-order valence-corrected chi connectivity index (χ4v) is 1.89. The van der Waals surface area contributed by atoms with E-state index in [2.05, 4.69) is 25.2 Å². The lowest BCUT2D eigenvalue weighted by Crippen LogP contribution is -2.20. The summed E-state index contributed by atoms with van der Waals surface area (Å²) in [5, 5.41) is 3.39. The van der Waals surface area contributed by atoms with Crippen LogP contribution in [0.5, 0.6) is 0 Å². The normalized spacial score (nSPS) is 12.8. The SMILES string of the molecule is CCCC(NCC)c1cc(C)cc(F)c1. The molecule has 1 aromatic rings. The maximum absolute atomic E-state index is 13.2. The molecule has 15 heavy (non-hydrogen) atoms. The highest BCUT2D eigenvalue weighted by molar-refractivity contribution is 5.26. The van der Waals surface area contributed by atoms with Crippen molar-refractivity contribution in [2.24, 2.45) is 0 Å². The smallest absolute Gasteiger partial charge is 0.123 e. The third-order valence-corrected chi connectivity index (χ3v) is 2.49. The number of hydrogen-bond donors (Lipinski definition) is 1. The average Bonchev–Trinajstić information content (AvgIpc) is 2.16. The third kappa shape index (κ3) is 3.63. The predicted molar refractivity (Wildman–Crippen MR) is 62.5 cm³/mol. The lowest BCUT2D eigenvalue weighted by molar-refractivity contribution is 0.505. The molecular weight excluding hydrogens is 189 g/mol. The Morgan fingerprint density at radius 3 is 2.53 bits per heavy atom. The second-order valence-electron chi connectivity index (χ2n) is 3.96. The Labute approximate surface area is 91.7 Å². The molecule has 0 spiro atoms. The monoisotopic (exact) mass is 209 g/mol. The van der Waals surface area contributed by atoms with Crippen LogP contribution in [0.15, 0.2) is 18.2 Å². The highest BCUT2D eigenvalue weighted by Crippen LogP contribution is 2.20. The van der Waals surface area contributed by atoms with Gasteiger partial charge in [-0.2, -0.15) is 0 Å². The second kappa shape index (κ2) is 5.86. The van der Waals surface area contributed by atoms with Gasteiger partial charge in [-0.25, -0.2) is 4.39 Å². The highest BCUT2D eigenvalue weighted by Gasteiger charge is 2.10. The van der Waals surface area contributed by atoms with E-state index in [0.717, 1.165) is 30.5 Å². The predicted octanol–water partition coefficient (Wildman–Crippen LogP) is 3.58. The Morgan fingerprint density at radius 1 is 1.27 bits per heavy atom. The maximum Gasteiger partial charge on any atom is 0.123 e. The summed E-state index contributed by atoms with van der Waals surface area (Å²) >= 11 is 0. The van der Waals surface area contributed by atoms with Crippen molar-refractivity contribution < 1.29 is 4.39 Å². The molecule has 0 fully saturated rings. The topological polar surface area (TPSA) is 12.0 Å². The largest absolute Gasteiger partial charge is 0.310 e. The van der Waals surface area contributed by atoms with E-state index in [9.17, 15) is 4.39 Å². The summed E-state index contributed by atoms with van der Waals surface area (Å²) in [6, 6.07) is 5.55. The van der Waals surface area contributed by atoms with Crippen molar-refractivity contribution in [2.45, 2.75) is 39.7 Å². The van der Waals surface area contributed by atoms with E-state index in [-0.39, 0.29) is 11.9 Å². The molecule has 0 heterocycles. The van der Waals surface area contributed by atoms with Crippen LogP contribution in [-0.4, -0.2) is 6.54 Å². The average molecular weight is 209 g/mol. The van der Waals surface area contributed by atoms with E-state index >= 15 is 0 Å². The summed E-state index contributed by atoms with van der Waals surface area (Å²) in [6.45, 7) is 7.08.